The number of nitrogens with zero attached hydrogens (tertiary/aromatic N) is 3. The molecule has 1 aromatic heterocycles. The second-order valence-corrected chi connectivity index (χ2v) is 8.17. The second kappa shape index (κ2) is 8.33. The number of imide groups is 1. The monoisotopic (exact) mass is 429 g/mol. The van der Waals surface area contributed by atoms with Crippen molar-refractivity contribution in [3.63, 3.8) is 0 Å². The molecular formula is C20H19N3O6S. The molecule has 0 N–H and O–H groups in total. The Morgan fingerprint density at radius 1 is 1.27 bits per heavy atom. The number of thiophene rings is 1. The maximum Gasteiger partial charge on any atom is 0.282 e. The van der Waals surface area contributed by atoms with E-state index >= 15 is 0 Å². The van der Waals surface area contributed by atoms with Gasteiger partial charge in [-0.3, -0.25) is 29.4 Å². The summed E-state index contributed by atoms with van der Waals surface area (Å²) in [5.74, 6) is -1.92. The summed E-state index contributed by atoms with van der Waals surface area (Å²) < 4.78 is 5.64. The predicted molar refractivity (Wildman–Crippen MR) is 107 cm³/mol. The molecule has 1 saturated heterocycles. The van der Waals surface area contributed by atoms with Gasteiger partial charge < -0.3 is 9.64 Å². The average Bonchev–Trinajstić information content (AvgIpc) is 3.47. The lowest BCUT2D eigenvalue weighted by atomic mass is 10.1. The van der Waals surface area contributed by atoms with Crippen molar-refractivity contribution >= 4 is 34.7 Å². The summed E-state index contributed by atoms with van der Waals surface area (Å²) in [6, 6.07) is 7.69. The largest absolute Gasteiger partial charge is 0.376 e. The van der Waals surface area contributed by atoms with Crippen LogP contribution in [0, 0.1) is 10.1 Å². The Morgan fingerprint density at radius 2 is 2.10 bits per heavy atom. The fourth-order valence-corrected chi connectivity index (χ4v) is 4.45. The lowest BCUT2D eigenvalue weighted by Gasteiger charge is -2.26. The van der Waals surface area contributed by atoms with Crippen LogP contribution in [0.3, 0.4) is 0 Å². The van der Waals surface area contributed by atoms with Crippen LogP contribution in [0.25, 0.3) is 0 Å². The van der Waals surface area contributed by atoms with E-state index in [-0.39, 0.29) is 17.2 Å². The van der Waals surface area contributed by atoms with Crippen molar-refractivity contribution in [1.29, 1.82) is 0 Å². The molecule has 4 rings (SSSR count). The van der Waals surface area contributed by atoms with Crippen LogP contribution >= 0.6 is 11.3 Å². The van der Waals surface area contributed by atoms with Gasteiger partial charge in [-0.15, -0.1) is 11.3 Å². The Morgan fingerprint density at radius 3 is 2.77 bits per heavy atom. The number of rotatable bonds is 7. The standard InChI is InChI=1S/C20H19N3O6S/c24-17(21(10-13-4-2-8-29-13)11-14-5-3-9-30-14)12-22-19(25)15-6-1-7-16(23(27)28)18(15)20(22)26/h1,3,5-7,9,13H,2,4,8,10-12H2. The summed E-state index contributed by atoms with van der Waals surface area (Å²) in [7, 11) is 0. The molecule has 0 bridgehead atoms. The SMILES string of the molecule is O=C(CN1C(=O)c2cccc([N+](=O)[O-])c2C1=O)N(Cc1cccs1)CC1CCCO1. The van der Waals surface area contributed by atoms with Crippen LogP contribution in [0.5, 0.6) is 0 Å². The number of carbonyl (C=O) groups excluding carboxylic acids is 3. The highest BCUT2D eigenvalue weighted by Crippen LogP contribution is 2.30. The molecule has 9 nitrogen and oxygen atoms in total. The van der Waals surface area contributed by atoms with Crippen molar-refractivity contribution in [1.82, 2.24) is 9.80 Å². The van der Waals surface area contributed by atoms with E-state index in [4.69, 9.17) is 4.74 Å². The van der Waals surface area contributed by atoms with Crippen molar-refractivity contribution in [2.45, 2.75) is 25.5 Å². The predicted octanol–water partition coefficient (Wildman–Crippen LogP) is 2.46. The Balaban J connectivity index is 1.54. The van der Waals surface area contributed by atoms with Gasteiger partial charge in [0.05, 0.1) is 23.1 Å². The highest BCUT2D eigenvalue weighted by atomic mass is 32.1. The summed E-state index contributed by atoms with van der Waals surface area (Å²) in [4.78, 5) is 52.4. The van der Waals surface area contributed by atoms with Crippen LogP contribution in [0.15, 0.2) is 35.7 Å². The Bertz CT molecular complexity index is 1000. The first-order valence-corrected chi connectivity index (χ1v) is 10.4. The van der Waals surface area contributed by atoms with E-state index in [1.165, 1.54) is 29.5 Å². The molecule has 30 heavy (non-hydrogen) atoms. The van der Waals surface area contributed by atoms with E-state index in [0.29, 0.717) is 19.7 Å². The molecule has 2 aliphatic heterocycles. The molecule has 0 radical (unpaired) electrons. The van der Waals surface area contributed by atoms with Gasteiger partial charge in [-0.1, -0.05) is 12.1 Å². The number of hydrogen-bond donors (Lipinski definition) is 0. The second-order valence-electron chi connectivity index (χ2n) is 7.14. The Labute approximate surface area is 176 Å². The normalized spacial score (nSPS) is 18.0. The Kier molecular flexibility index (Phi) is 5.60. The number of nitro groups is 1. The first kappa shape index (κ1) is 20.2. The highest BCUT2D eigenvalue weighted by molar-refractivity contribution is 7.09. The third-order valence-corrected chi connectivity index (χ3v) is 6.06. The minimum absolute atomic E-state index is 0.0501. The summed E-state index contributed by atoms with van der Waals surface area (Å²) in [5.41, 5.74) is -0.745. The van der Waals surface area contributed by atoms with Crippen molar-refractivity contribution in [2.75, 3.05) is 19.7 Å². The number of hydrogen-bond acceptors (Lipinski definition) is 7. The van der Waals surface area contributed by atoms with E-state index in [1.807, 2.05) is 17.5 Å². The molecule has 10 heteroatoms. The maximum atomic E-state index is 13.1. The molecular weight excluding hydrogens is 410 g/mol. The molecule has 0 spiro atoms. The zero-order valence-corrected chi connectivity index (χ0v) is 16.8. The molecule has 1 unspecified atom stereocenters. The van der Waals surface area contributed by atoms with Gasteiger partial charge in [0.2, 0.25) is 5.91 Å². The van der Waals surface area contributed by atoms with Gasteiger partial charge in [-0.25, -0.2) is 0 Å². The third kappa shape index (κ3) is 3.83. The number of nitro benzene ring substituents is 1. The van der Waals surface area contributed by atoms with Crippen LogP contribution in [0.1, 0.15) is 38.4 Å². The average molecular weight is 429 g/mol. The summed E-state index contributed by atoms with van der Waals surface area (Å²) in [6.45, 7) is 0.884. The van der Waals surface area contributed by atoms with Crippen LogP contribution in [0.4, 0.5) is 5.69 Å². The lowest BCUT2D eigenvalue weighted by molar-refractivity contribution is -0.385. The molecule has 1 aromatic carbocycles. The van der Waals surface area contributed by atoms with Crippen molar-refractivity contribution in [3.8, 4) is 0 Å². The van der Waals surface area contributed by atoms with Crippen LogP contribution in [0.2, 0.25) is 0 Å². The van der Waals surface area contributed by atoms with Gasteiger partial charge in [0.15, 0.2) is 0 Å². The number of fused-ring (bicyclic) bond motifs is 1. The van der Waals surface area contributed by atoms with Gasteiger partial charge in [0, 0.05) is 24.1 Å². The number of benzene rings is 1. The van der Waals surface area contributed by atoms with Crippen molar-refractivity contribution < 1.29 is 24.0 Å². The fourth-order valence-electron chi connectivity index (χ4n) is 3.73. The molecule has 1 fully saturated rings. The van der Waals surface area contributed by atoms with Gasteiger partial charge in [-0.05, 0) is 30.4 Å². The molecule has 2 aromatic rings. The molecule has 0 saturated carbocycles. The quantitative estimate of drug-likeness (QED) is 0.380. The van der Waals surface area contributed by atoms with E-state index < -0.39 is 34.9 Å². The summed E-state index contributed by atoms with van der Waals surface area (Å²) >= 11 is 1.51. The van der Waals surface area contributed by atoms with E-state index in [0.717, 1.165) is 22.6 Å². The van der Waals surface area contributed by atoms with Gasteiger partial charge in [0.1, 0.15) is 12.1 Å². The smallest absolute Gasteiger partial charge is 0.282 e. The zero-order valence-electron chi connectivity index (χ0n) is 16.0. The van der Waals surface area contributed by atoms with Crippen molar-refractivity contribution in [2.24, 2.45) is 0 Å². The van der Waals surface area contributed by atoms with Crippen LogP contribution < -0.4 is 0 Å². The Hall–Kier alpha value is -3.11. The van der Waals surface area contributed by atoms with Gasteiger partial charge in [-0.2, -0.15) is 0 Å². The van der Waals surface area contributed by atoms with Crippen molar-refractivity contribution in [3.05, 3.63) is 61.8 Å². The van der Waals surface area contributed by atoms with Gasteiger partial charge in [0.25, 0.3) is 17.5 Å². The van der Waals surface area contributed by atoms with Crippen LogP contribution in [-0.4, -0.2) is 58.2 Å². The minimum Gasteiger partial charge on any atom is -0.376 e. The lowest BCUT2D eigenvalue weighted by Crippen LogP contribution is -2.44. The minimum atomic E-state index is -0.816. The van der Waals surface area contributed by atoms with Gasteiger partial charge >= 0.3 is 0 Å². The molecule has 1 atom stereocenters. The van der Waals surface area contributed by atoms with E-state index in [1.54, 1.807) is 4.90 Å². The fraction of sp³-hybridized carbons (Fsp3) is 0.350. The number of ether oxygens (including phenoxy) is 1. The molecule has 3 heterocycles. The first-order chi connectivity index (χ1) is 14.5. The van der Waals surface area contributed by atoms with Crippen LogP contribution in [-0.2, 0) is 16.1 Å². The summed E-state index contributed by atoms with van der Waals surface area (Å²) in [6.07, 6.45) is 1.68. The molecule has 0 aliphatic carbocycles. The maximum absolute atomic E-state index is 13.1. The first-order valence-electron chi connectivity index (χ1n) is 9.51. The molecule has 2 aliphatic rings. The summed E-state index contributed by atoms with van der Waals surface area (Å²) in [5, 5.41) is 13.2. The third-order valence-electron chi connectivity index (χ3n) is 5.19. The van der Waals surface area contributed by atoms with E-state index in [9.17, 15) is 24.5 Å². The van der Waals surface area contributed by atoms with E-state index in [2.05, 4.69) is 0 Å². The number of amides is 3. The topological polar surface area (TPSA) is 110 Å². The molecule has 3 amide bonds. The number of carbonyl (C=O) groups is 3. The highest BCUT2D eigenvalue weighted by Gasteiger charge is 2.42. The molecule has 156 valence electrons. The zero-order chi connectivity index (χ0) is 21.3.